The lowest BCUT2D eigenvalue weighted by atomic mass is 10.1. The number of hydrogen-bond acceptors (Lipinski definition) is 4. The number of rotatable bonds is 5. The van der Waals surface area contributed by atoms with Gasteiger partial charge in [-0.2, -0.15) is 0 Å². The van der Waals surface area contributed by atoms with Gasteiger partial charge in [0.2, 0.25) is 0 Å². The first-order valence-electron chi connectivity index (χ1n) is 5.48. The first kappa shape index (κ1) is 12.5. The van der Waals surface area contributed by atoms with Gasteiger partial charge in [-0.05, 0) is 24.8 Å². The van der Waals surface area contributed by atoms with Crippen molar-refractivity contribution in [2.75, 3.05) is 12.3 Å². The third kappa shape index (κ3) is 3.88. The number of pyridine rings is 1. The van der Waals surface area contributed by atoms with Crippen molar-refractivity contribution in [3.05, 3.63) is 24.0 Å². The molecule has 1 aromatic heterocycles. The van der Waals surface area contributed by atoms with Crippen molar-refractivity contribution in [2.45, 2.75) is 26.7 Å². The summed E-state index contributed by atoms with van der Waals surface area (Å²) in [6.07, 6.45) is 4.92. The number of aromatic nitrogens is 1. The molecule has 0 fully saturated rings. The van der Waals surface area contributed by atoms with Gasteiger partial charge >= 0.3 is 5.97 Å². The highest BCUT2D eigenvalue weighted by molar-refractivity contribution is 5.94. The van der Waals surface area contributed by atoms with Crippen molar-refractivity contribution in [3.63, 3.8) is 0 Å². The molecule has 0 aliphatic carbocycles. The van der Waals surface area contributed by atoms with Gasteiger partial charge in [0, 0.05) is 6.20 Å². The highest BCUT2D eigenvalue weighted by Crippen LogP contribution is 2.11. The van der Waals surface area contributed by atoms with Crippen LogP contribution in [-0.2, 0) is 4.74 Å². The zero-order valence-corrected chi connectivity index (χ0v) is 9.77. The third-order valence-electron chi connectivity index (χ3n) is 2.23. The largest absolute Gasteiger partial charge is 0.462 e. The second kappa shape index (κ2) is 6.10. The SMILES string of the molecule is CC(C)CCCOC(=O)c1ccncc1N. The van der Waals surface area contributed by atoms with Gasteiger partial charge in [0.15, 0.2) is 0 Å². The molecule has 0 atom stereocenters. The fraction of sp³-hybridized carbons (Fsp3) is 0.500. The molecule has 0 bridgehead atoms. The van der Waals surface area contributed by atoms with Crippen LogP contribution in [0.1, 0.15) is 37.0 Å². The smallest absolute Gasteiger partial charge is 0.340 e. The maximum atomic E-state index is 11.6. The van der Waals surface area contributed by atoms with Gasteiger partial charge in [-0.25, -0.2) is 4.79 Å². The topological polar surface area (TPSA) is 65.2 Å². The molecule has 1 heterocycles. The van der Waals surface area contributed by atoms with E-state index in [1.165, 1.54) is 12.4 Å². The van der Waals surface area contributed by atoms with E-state index >= 15 is 0 Å². The van der Waals surface area contributed by atoms with E-state index in [0.717, 1.165) is 12.8 Å². The number of carbonyl (C=O) groups is 1. The van der Waals surface area contributed by atoms with E-state index in [4.69, 9.17) is 10.5 Å². The second-order valence-corrected chi connectivity index (χ2v) is 4.13. The normalized spacial score (nSPS) is 10.4. The van der Waals surface area contributed by atoms with E-state index in [1.807, 2.05) is 0 Å². The minimum Gasteiger partial charge on any atom is -0.462 e. The molecule has 2 N–H and O–H groups in total. The highest BCUT2D eigenvalue weighted by atomic mass is 16.5. The van der Waals surface area contributed by atoms with Crippen molar-refractivity contribution in [2.24, 2.45) is 5.92 Å². The van der Waals surface area contributed by atoms with E-state index in [0.29, 0.717) is 23.8 Å². The standard InChI is InChI=1S/C12H18N2O2/c1-9(2)4-3-7-16-12(15)10-5-6-14-8-11(10)13/h5-6,8-9H,3-4,7,13H2,1-2H3. The molecule has 0 radical (unpaired) electrons. The summed E-state index contributed by atoms with van der Waals surface area (Å²) in [6.45, 7) is 4.73. The number of nitrogens with two attached hydrogens (primary N) is 1. The van der Waals surface area contributed by atoms with Crippen LogP contribution >= 0.6 is 0 Å². The summed E-state index contributed by atoms with van der Waals surface area (Å²) in [4.78, 5) is 15.4. The lowest BCUT2D eigenvalue weighted by molar-refractivity contribution is 0.0496. The monoisotopic (exact) mass is 222 g/mol. The van der Waals surface area contributed by atoms with E-state index in [1.54, 1.807) is 6.07 Å². The molecule has 4 nitrogen and oxygen atoms in total. The molecule has 0 aliphatic rings. The van der Waals surface area contributed by atoms with Crippen LogP contribution in [0, 0.1) is 5.92 Å². The van der Waals surface area contributed by atoms with Gasteiger partial charge < -0.3 is 10.5 Å². The molecule has 0 saturated carbocycles. The van der Waals surface area contributed by atoms with Gasteiger partial charge in [0.25, 0.3) is 0 Å². The van der Waals surface area contributed by atoms with Crippen LogP contribution in [0.4, 0.5) is 5.69 Å². The maximum Gasteiger partial charge on any atom is 0.340 e. The van der Waals surface area contributed by atoms with Crippen molar-refractivity contribution in [1.82, 2.24) is 4.98 Å². The molecular weight excluding hydrogens is 204 g/mol. The minimum atomic E-state index is -0.372. The summed E-state index contributed by atoms with van der Waals surface area (Å²) in [5.74, 6) is 0.258. The van der Waals surface area contributed by atoms with Crippen LogP contribution in [0.5, 0.6) is 0 Å². The number of nitrogen functional groups attached to an aromatic ring is 1. The summed E-state index contributed by atoms with van der Waals surface area (Å²) < 4.78 is 5.11. The van der Waals surface area contributed by atoms with Crippen LogP contribution in [0.25, 0.3) is 0 Å². The predicted octanol–water partition coefficient (Wildman–Crippen LogP) is 2.26. The van der Waals surface area contributed by atoms with Crippen molar-refractivity contribution in [3.8, 4) is 0 Å². The first-order chi connectivity index (χ1) is 7.61. The number of hydrogen-bond donors (Lipinski definition) is 1. The van der Waals surface area contributed by atoms with Crippen molar-refractivity contribution >= 4 is 11.7 Å². The predicted molar refractivity (Wildman–Crippen MR) is 63.0 cm³/mol. The van der Waals surface area contributed by atoms with E-state index < -0.39 is 0 Å². The minimum absolute atomic E-state index is 0.358. The summed E-state index contributed by atoms with van der Waals surface area (Å²) in [7, 11) is 0. The Morgan fingerprint density at radius 1 is 1.56 bits per heavy atom. The lowest BCUT2D eigenvalue weighted by Crippen LogP contribution is -2.09. The summed E-state index contributed by atoms with van der Waals surface area (Å²) in [5.41, 5.74) is 6.36. The van der Waals surface area contributed by atoms with Crippen LogP contribution in [0.15, 0.2) is 18.5 Å². The Bertz CT molecular complexity index is 351. The fourth-order valence-corrected chi connectivity index (χ4v) is 1.33. The molecule has 1 rings (SSSR count). The van der Waals surface area contributed by atoms with E-state index in [-0.39, 0.29) is 5.97 Å². The molecule has 1 aromatic rings. The Hall–Kier alpha value is -1.58. The molecule has 0 aliphatic heterocycles. The van der Waals surface area contributed by atoms with Gasteiger partial charge in [-0.3, -0.25) is 4.98 Å². The zero-order valence-electron chi connectivity index (χ0n) is 9.77. The molecule has 0 aromatic carbocycles. The maximum absolute atomic E-state index is 11.6. The summed E-state index contributed by atoms with van der Waals surface area (Å²) in [5, 5.41) is 0. The van der Waals surface area contributed by atoms with Crippen LogP contribution < -0.4 is 5.73 Å². The average molecular weight is 222 g/mol. The third-order valence-corrected chi connectivity index (χ3v) is 2.23. The van der Waals surface area contributed by atoms with Crippen LogP contribution in [0.2, 0.25) is 0 Å². The van der Waals surface area contributed by atoms with Crippen LogP contribution in [-0.4, -0.2) is 17.6 Å². The summed E-state index contributed by atoms with van der Waals surface area (Å²) >= 11 is 0. The van der Waals surface area contributed by atoms with Crippen molar-refractivity contribution in [1.29, 1.82) is 0 Å². The van der Waals surface area contributed by atoms with E-state index in [9.17, 15) is 4.79 Å². The van der Waals surface area contributed by atoms with Gasteiger partial charge in [0.05, 0.1) is 24.1 Å². The fourth-order valence-electron chi connectivity index (χ4n) is 1.33. The van der Waals surface area contributed by atoms with Crippen molar-refractivity contribution < 1.29 is 9.53 Å². The Morgan fingerprint density at radius 3 is 2.94 bits per heavy atom. The molecule has 0 spiro atoms. The second-order valence-electron chi connectivity index (χ2n) is 4.13. The highest BCUT2D eigenvalue weighted by Gasteiger charge is 2.10. The Morgan fingerprint density at radius 2 is 2.31 bits per heavy atom. The number of esters is 1. The Kier molecular flexibility index (Phi) is 4.76. The average Bonchev–Trinajstić information content (AvgIpc) is 2.24. The molecule has 16 heavy (non-hydrogen) atoms. The molecular formula is C12H18N2O2. The molecule has 0 saturated heterocycles. The number of carbonyl (C=O) groups excluding carboxylic acids is 1. The van der Waals surface area contributed by atoms with Gasteiger partial charge in [-0.1, -0.05) is 13.8 Å². The number of anilines is 1. The van der Waals surface area contributed by atoms with Crippen LogP contribution in [0.3, 0.4) is 0 Å². The number of nitrogens with zero attached hydrogens (tertiary/aromatic N) is 1. The quantitative estimate of drug-likeness (QED) is 0.613. The molecule has 88 valence electrons. The molecule has 4 heteroatoms. The summed E-state index contributed by atoms with van der Waals surface area (Å²) in [6, 6.07) is 1.57. The Balaban J connectivity index is 2.39. The molecule has 0 unspecified atom stereocenters. The van der Waals surface area contributed by atoms with Gasteiger partial charge in [-0.15, -0.1) is 0 Å². The zero-order chi connectivity index (χ0) is 12.0. The number of ether oxygens (including phenoxy) is 1. The van der Waals surface area contributed by atoms with E-state index in [2.05, 4.69) is 18.8 Å². The molecule has 0 amide bonds. The van der Waals surface area contributed by atoms with Gasteiger partial charge in [0.1, 0.15) is 0 Å². The Labute approximate surface area is 95.8 Å². The lowest BCUT2D eigenvalue weighted by Gasteiger charge is -2.07. The first-order valence-corrected chi connectivity index (χ1v) is 5.48.